The predicted octanol–water partition coefficient (Wildman–Crippen LogP) is 3.59. The van der Waals surface area contributed by atoms with Gasteiger partial charge in [-0.2, -0.15) is 0 Å². The van der Waals surface area contributed by atoms with Gasteiger partial charge in [0.2, 0.25) is 0 Å². The molecule has 1 aromatic carbocycles. The second-order valence-electron chi connectivity index (χ2n) is 6.18. The van der Waals surface area contributed by atoms with Crippen LogP contribution in [0.15, 0.2) is 22.7 Å². The Bertz CT molecular complexity index is 637. The van der Waals surface area contributed by atoms with E-state index in [0.717, 1.165) is 24.2 Å². The number of carbonyl (C=O) groups excluding carboxylic acids is 2. The zero-order valence-electron chi connectivity index (χ0n) is 12.4. The molecule has 0 unspecified atom stereocenters. The molecule has 1 aliphatic heterocycles. The second-order valence-corrected chi connectivity index (χ2v) is 7.09. The van der Waals surface area contributed by atoms with Gasteiger partial charge in [0.15, 0.2) is 0 Å². The van der Waals surface area contributed by atoms with Crippen molar-refractivity contribution in [1.29, 1.82) is 0 Å². The summed E-state index contributed by atoms with van der Waals surface area (Å²) in [6, 6.07) is 4.22. The van der Waals surface area contributed by atoms with E-state index < -0.39 is 17.4 Å². The number of hydrogen-bond acceptors (Lipinski definition) is 2. The average molecular weight is 369 g/mol. The highest BCUT2D eigenvalue weighted by Crippen LogP contribution is 2.38. The molecule has 1 N–H and O–H groups in total. The van der Waals surface area contributed by atoms with Gasteiger partial charge in [-0.25, -0.2) is 9.18 Å². The quantitative estimate of drug-likeness (QED) is 0.810. The predicted molar refractivity (Wildman–Crippen MR) is 83.5 cm³/mol. The Morgan fingerprint density at radius 1 is 1.41 bits per heavy atom. The molecule has 0 aromatic heterocycles. The molecule has 0 bridgehead atoms. The molecule has 22 heavy (non-hydrogen) atoms. The third kappa shape index (κ3) is 2.43. The number of halogens is 2. The Balaban J connectivity index is 1.86. The fraction of sp³-hybridized carbons (Fsp3) is 0.500. The number of benzene rings is 1. The van der Waals surface area contributed by atoms with Gasteiger partial charge < -0.3 is 5.32 Å². The largest absolute Gasteiger partial charge is 0.325 e. The fourth-order valence-electron chi connectivity index (χ4n) is 3.46. The van der Waals surface area contributed by atoms with Gasteiger partial charge in [0.05, 0.1) is 6.54 Å². The summed E-state index contributed by atoms with van der Waals surface area (Å²) in [7, 11) is 0. The molecule has 3 amide bonds. The molecule has 1 aromatic rings. The molecule has 118 valence electrons. The van der Waals surface area contributed by atoms with E-state index in [9.17, 15) is 14.0 Å². The Morgan fingerprint density at radius 3 is 2.86 bits per heavy atom. The van der Waals surface area contributed by atoms with E-state index >= 15 is 0 Å². The van der Waals surface area contributed by atoms with Crippen molar-refractivity contribution in [2.24, 2.45) is 5.92 Å². The molecule has 2 aliphatic rings. The van der Waals surface area contributed by atoms with Crippen LogP contribution in [0.25, 0.3) is 0 Å². The molecule has 2 fully saturated rings. The molecule has 0 radical (unpaired) electrons. The van der Waals surface area contributed by atoms with Crippen LogP contribution in [0.3, 0.4) is 0 Å². The van der Waals surface area contributed by atoms with Gasteiger partial charge in [-0.3, -0.25) is 9.69 Å². The summed E-state index contributed by atoms with van der Waals surface area (Å²) in [5, 5.41) is 2.88. The Hall–Kier alpha value is -1.43. The van der Waals surface area contributed by atoms with Crippen LogP contribution in [0, 0.1) is 11.7 Å². The minimum Gasteiger partial charge on any atom is -0.323 e. The Labute approximate surface area is 137 Å². The summed E-state index contributed by atoms with van der Waals surface area (Å²) in [5.41, 5.74) is -0.450. The summed E-state index contributed by atoms with van der Waals surface area (Å²) in [5.74, 6) is -0.530. The number of nitrogens with zero attached hydrogens (tertiary/aromatic N) is 1. The highest BCUT2D eigenvalue weighted by Gasteiger charge is 2.54. The zero-order chi connectivity index (χ0) is 15.9. The van der Waals surface area contributed by atoms with E-state index in [4.69, 9.17) is 0 Å². The van der Waals surface area contributed by atoms with Crippen LogP contribution in [0.4, 0.5) is 9.18 Å². The first kappa shape index (κ1) is 15.5. The molecule has 1 spiro atoms. The van der Waals surface area contributed by atoms with Gasteiger partial charge in [0, 0.05) is 10.0 Å². The molecule has 1 heterocycles. The normalized spacial score (nSPS) is 28.3. The van der Waals surface area contributed by atoms with E-state index in [1.807, 2.05) is 6.92 Å². The molecule has 3 rings (SSSR count). The monoisotopic (exact) mass is 368 g/mol. The number of hydrogen-bond donors (Lipinski definition) is 1. The van der Waals surface area contributed by atoms with E-state index in [2.05, 4.69) is 21.2 Å². The van der Waals surface area contributed by atoms with Gasteiger partial charge in [-0.05, 0) is 30.9 Å². The molecular weight excluding hydrogens is 351 g/mol. The van der Waals surface area contributed by atoms with E-state index in [-0.39, 0.29) is 18.4 Å². The van der Waals surface area contributed by atoms with Gasteiger partial charge in [0.1, 0.15) is 11.4 Å². The summed E-state index contributed by atoms with van der Waals surface area (Å²) >= 11 is 3.20. The highest BCUT2D eigenvalue weighted by atomic mass is 79.9. The molecular formula is C16H18BrFN2O2. The van der Waals surface area contributed by atoms with E-state index in [1.165, 1.54) is 6.07 Å². The average Bonchev–Trinajstić information content (AvgIpc) is 2.70. The van der Waals surface area contributed by atoms with Crippen LogP contribution in [0.5, 0.6) is 0 Å². The van der Waals surface area contributed by atoms with Crippen LogP contribution >= 0.6 is 15.9 Å². The minimum atomic E-state index is -0.791. The van der Waals surface area contributed by atoms with Crippen molar-refractivity contribution >= 4 is 27.9 Å². The third-order valence-electron chi connectivity index (χ3n) is 4.85. The maximum atomic E-state index is 14.0. The standard InChI is InChI=1S/C16H18BrFN2O2/c1-10-4-2-3-7-16(10)14(21)20(15(22)19-16)9-11-5-6-12(17)8-13(11)18/h5-6,8,10H,2-4,7,9H2,1H3,(H,19,22)/t10-,16+/m1/s1. The Morgan fingerprint density at radius 2 is 2.18 bits per heavy atom. The maximum absolute atomic E-state index is 14.0. The van der Waals surface area contributed by atoms with Gasteiger partial charge in [0.25, 0.3) is 5.91 Å². The molecule has 6 heteroatoms. The minimum absolute atomic E-state index is 0.0295. The lowest BCUT2D eigenvalue weighted by molar-refractivity contribution is -0.134. The van der Waals surface area contributed by atoms with Gasteiger partial charge in [-0.1, -0.05) is 41.8 Å². The summed E-state index contributed by atoms with van der Waals surface area (Å²) < 4.78 is 14.6. The maximum Gasteiger partial charge on any atom is 0.325 e. The van der Waals surface area contributed by atoms with Crippen LogP contribution in [-0.2, 0) is 11.3 Å². The third-order valence-corrected chi connectivity index (χ3v) is 5.34. The number of imide groups is 1. The fourth-order valence-corrected chi connectivity index (χ4v) is 3.79. The number of carbonyl (C=O) groups is 2. The lowest BCUT2D eigenvalue weighted by Gasteiger charge is -2.36. The second kappa shape index (κ2) is 5.65. The lowest BCUT2D eigenvalue weighted by Crippen LogP contribution is -2.53. The number of amides is 3. The van der Waals surface area contributed by atoms with Crippen molar-refractivity contribution in [3.63, 3.8) is 0 Å². The van der Waals surface area contributed by atoms with Crippen LogP contribution in [0.1, 0.15) is 38.2 Å². The molecule has 2 atom stereocenters. The summed E-state index contributed by atoms with van der Waals surface area (Å²) in [6.07, 6.45) is 3.59. The van der Waals surface area contributed by atoms with Crippen molar-refractivity contribution < 1.29 is 14.0 Å². The van der Waals surface area contributed by atoms with Crippen molar-refractivity contribution in [2.75, 3.05) is 0 Å². The first-order valence-electron chi connectivity index (χ1n) is 7.52. The van der Waals surface area contributed by atoms with E-state index in [1.54, 1.807) is 12.1 Å². The lowest BCUT2D eigenvalue weighted by atomic mass is 9.73. The number of urea groups is 1. The van der Waals surface area contributed by atoms with Crippen LogP contribution < -0.4 is 5.32 Å². The van der Waals surface area contributed by atoms with E-state index in [0.29, 0.717) is 16.5 Å². The highest BCUT2D eigenvalue weighted by molar-refractivity contribution is 9.10. The smallest absolute Gasteiger partial charge is 0.323 e. The number of rotatable bonds is 2. The molecule has 1 saturated carbocycles. The Kier molecular flexibility index (Phi) is 3.97. The van der Waals surface area contributed by atoms with Crippen molar-refractivity contribution in [1.82, 2.24) is 10.2 Å². The SMILES string of the molecule is C[C@@H]1CCCC[C@]12NC(=O)N(Cc1ccc(Br)cc1F)C2=O. The number of nitrogens with one attached hydrogen (secondary N) is 1. The van der Waals surface area contributed by atoms with Crippen molar-refractivity contribution in [3.8, 4) is 0 Å². The molecule has 1 saturated heterocycles. The molecule has 1 aliphatic carbocycles. The molecule has 4 nitrogen and oxygen atoms in total. The van der Waals surface area contributed by atoms with Crippen LogP contribution in [-0.4, -0.2) is 22.4 Å². The summed E-state index contributed by atoms with van der Waals surface area (Å²) in [6.45, 7) is 1.97. The summed E-state index contributed by atoms with van der Waals surface area (Å²) in [4.78, 5) is 26.2. The van der Waals surface area contributed by atoms with Gasteiger partial charge >= 0.3 is 6.03 Å². The zero-order valence-corrected chi connectivity index (χ0v) is 14.0. The van der Waals surface area contributed by atoms with Crippen LogP contribution in [0.2, 0.25) is 0 Å². The first-order chi connectivity index (χ1) is 10.4. The van der Waals surface area contributed by atoms with Crippen molar-refractivity contribution in [2.45, 2.75) is 44.7 Å². The first-order valence-corrected chi connectivity index (χ1v) is 8.31. The van der Waals surface area contributed by atoms with Crippen molar-refractivity contribution in [3.05, 3.63) is 34.1 Å². The van der Waals surface area contributed by atoms with Gasteiger partial charge in [-0.15, -0.1) is 0 Å². The topological polar surface area (TPSA) is 49.4 Å².